The maximum Gasteiger partial charge on any atom is 0.226 e. The highest BCUT2D eigenvalue weighted by atomic mass is 35.5. The molecule has 0 spiro atoms. The van der Waals surface area contributed by atoms with Crippen molar-refractivity contribution in [2.45, 2.75) is 46.6 Å². The van der Waals surface area contributed by atoms with Crippen LogP contribution in [0.5, 0.6) is 0 Å². The van der Waals surface area contributed by atoms with E-state index in [9.17, 15) is 4.79 Å². The van der Waals surface area contributed by atoms with Gasteiger partial charge in [-0.3, -0.25) is 4.79 Å². The molecule has 104 valence electrons. The van der Waals surface area contributed by atoms with Crippen LogP contribution in [0.1, 0.15) is 37.9 Å². The quantitative estimate of drug-likeness (QED) is 0.876. The maximum atomic E-state index is 11.7. The Hall–Kier alpha value is -0.650. The van der Waals surface area contributed by atoms with Crippen LogP contribution in [-0.2, 0) is 11.2 Å². The summed E-state index contributed by atoms with van der Waals surface area (Å²) in [5.74, 6) is 0.495. The fourth-order valence-electron chi connectivity index (χ4n) is 1.56. The van der Waals surface area contributed by atoms with E-state index in [1.807, 2.05) is 13.8 Å². The molecule has 0 aliphatic rings. The predicted octanol–water partition coefficient (Wildman–Crippen LogP) is 2.75. The van der Waals surface area contributed by atoms with E-state index in [1.165, 1.54) is 11.3 Å². The van der Waals surface area contributed by atoms with E-state index in [-0.39, 0.29) is 24.4 Å². The first-order chi connectivity index (χ1) is 7.88. The van der Waals surface area contributed by atoms with Crippen molar-refractivity contribution >= 4 is 34.7 Å². The van der Waals surface area contributed by atoms with Gasteiger partial charge in [-0.25, -0.2) is 4.98 Å². The van der Waals surface area contributed by atoms with Crippen molar-refractivity contribution in [2.24, 2.45) is 11.7 Å². The third kappa shape index (κ3) is 5.80. The topological polar surface area (TPSA) is 68.0 Å². The van der Waals surface area contributed by atoms with Gasteiger partial charge in [0.2, 0.25) is 5.91 Å². The normalized spacial score (nSPS) is 12.1. The van der Waals surface area contributed by atoms with Gasteiger partial charge < -0.3 is 11.1 Å². The molecule has 0 saturated heterocycles. The zero-order chi connectivity index (χ0) is 13.0. The molecule has 1 unspecified atom stereocenters. The fraction of sp³-hybridized carbons (Fsp3) is 0.667. The fourth-order valence-corrected chi connectivity index (χ4v) is 2.43. The highest BCUT2D eigenvalue weighted by Crippen LogP contribution is 2.26. The second kappa shape index (κ2) is 7.71. The van der Waals surface area contributed by atoms with E-state index in [2.05, 4.69) is 24.1 Å². The lowest BCUT2D eigenvalue weighted by Crippen LogP contribution is -2.24. The van der Waals surface area contributed by atoms with Crippen molar-refractivity contribution in [3.05, 3.63) is 10.7 Å². The first-order valence-electron chi connectivity index (χ1n) is 5.90. The van der Waals surface area contributed by atoms with Crippen molar-refractivity contribution in [2.75, 3.05) is 5.32 Å². The molecule has 1 atom stereocenters. The third-order valence-electron chi connectivity index (χ3n) is 2.17. The first kappa shape index (κ1) is 17.4. The zero-order valence-electron chi connectivity index (χ0n) is 11.3. The highest BCUT2D eigenvalue weighted by molar-refractivity contribution is 7.16. The molecule has 0 radical (unpaired) electrons. The Kier molecular flexibility index (Phi) is 7.43. The third-order valence-corrected chi connectivity index (χ3v) is 3.09. The summed E-state index contributed by atoms with van der Waals surface area (Å²) in [7, 11) is 0. The van der Waals surface area contributed by atoms with Crippen LogP contribution in [-0.4, -0.2) is 16.9 Å². The molecule has 6 heteroatoms. The first-order valence-corrected chi connectivity index (χ1v) is 6.72. The van der Waals surface area contributed by atoms with E-state index < -0.39 is 0 Å². The lowest BCUT2D eigenvalue weighted by Gasteiger charge is -2.08. The number of hydrogen-bond donors (Lipinski definition) is 2. The molecule has 1 rings (SSSR count). The Morgan fingerprint density at radius 2 is 2.06 bits per heavy atom. The molecule has 0 bridgehead atoms. The Morgan fingerprint density at radius 3 is 2.56 bits per heavy atom. The molecule has 0 aliphatic carbocycles. The number of amides is 1. The summed E-state index contributed by atoms with van der Waals surface area (Å²) in [6.45, 7) is 8.06. The molecule has 1 heterocycles. The van der Waals surface area contributed by atoms with E-state index >= 15 is 0 Å². The Morgan fingerprint density at radius 1 is 1.44 bits per heavy atom. The predicted molar refractivity (Wildman–Crippen MR) is 79.5 cm³/mol. The Bertz CT molecular complexity index is 391. The number of aromatic nitrogens is 1. The summed E-state index contributed by atoms with van der Waals surface area (Å²) in [5, 5.41) is 4.76. The molecule has 1 amide bonds. The van der Waals surface area contributed by atoms with Crippen molar-refractivity contribution in [3.63, 3.8) is 0 Å². The van der Waals surface area contributed by atoms with Gasteiger partial charge in [0.25, 0.3) is 0 Å². The van der Waals surface area contributed by atoms with E-state index in [0.29, 0.717) is 12.3 Å². The number of nitrogens with zero attached hydrogens (tertiary/aromatic N) is 1. The Balaban J connectivity index is 0.00000289. The lowest BCUT2D eigenvalue weighted by molar-refractivity contribution is -0.116. The molecule has 0 saturated carbocycles. The number of halogens is 1. The van der Waals surface area contributed by atoms with Crippen molar-refractivity contribution in [3.8, 4) is 0 Å². The number of thiazole rings is 1. The number of hydrogen-bond acceptors (Lipinski definition) is 4. The number of rotatable bonds is 5. The molecule has 1 aromatic heterocycles. The van der Waals surface area contributed by atoms with Gasteiger partial charge >= 0.3 is 0 Å². The largest absolute Gasteiger partial charge is 0.327 e. The summed E-state index contributed by atoms with van der Waals surface area (Å²) >= 11 is 1.53. The number of carbonyl (C=O) groups excluding carboxylic acids is 1. The molecule has 0 aromatic carbocycles. The number of nitrogens with one attached hydrogen (secondary N) is 1. The molecule has 3 N–H and O–H groups in total. The van der Waals surface area contributed by atoms with Crippen molar-refractivity contribution in [1.82, 2.24) is 4.98 Å². The van der Waals surface area contributed by atoms with Crippen LogP contribution in [0.2, 0.25) is 0 Å². The van der Waals surface area contributed by atoms with Gasteiger partial charge in [-0.1, -0.05) is 13.8 Å². The van der Waals surface area contributed by atoms with E-state index in [4.69, 9.17) is 5.73 Å². The van der Waals surface area contributed by atoms with Crippen LogP contribution >= 0.6 is 23.7 Å². The van der Waals surface area contributed by atoms with E-state index in [0.717, 1.165) is 22.1 Å². The average Bonchev–Trinajstić information content (AvgIpc) is 2.43. The zero-order valence-corrected chi connectivity index (χ0v) is 13.0. The monoisotopic (exact) mass is 291 g/mol. The number of nitrogens with two attached hydrogens (primary N) is 1. The van der Waals surface area contributed by atoms with Crippen molar-refractivity contribution in [1.29, 1.82) is 0 Å². The molecule has 0 aliphatic heterocycles. The van der Waals surface area contributed by atoms with Crippen LogP contribution in [0.4, 0.5) is 5.00 Å². The van der Waals surface area contributed by atoms with Gasteiger partial charge in [-0.05, 0) is 26.2 Å². The minimum Gasteiger partial charge on any atom is -0.327 e. The van der Waals surface area contributed by atoms with E-state index in [1.54, 1.807) is 0 Å². The SMILES string of the molecule is Cc1nc(CC(C)C)c(NC(=O)CC(C)N)s1.Cl. The van der Waals surface area contributed by atoms with Gasteiger partial charge in [0, 0.05) is 12.5 Å². The van der Waals surface area contributed by atoms with Gasteiger partial charge in [0.05, 0.1) is 10.7 Å². The van der Waals surface area contributed by atoms with Gasteiger partial charge in [-0.15, -0.1) is 23.7 Å². The van der Waals surface area contributed by atoms with Crippen LogP contribution < -0.4 is 11.1 Å². The second-order valence-corrected chi connectivity index (χ2v) is 6.04. The van der Waals surface area contributed by atoms with Crippen LogP contribution in [0, 0.1) is 12.8 Å². The molecular formula is C12H22ClN3OS. The van der Waals surface area contributed by atoms with Gasteiger partial charge in [0.1, 0.15) is 5.00 Å². The molecule has 1 aromatic rings. The lowest BCUT2D eigenvalue weighted by atomic mass is 10.1. The summed E-state index contributed by atoms with van der Waals surface area (Å²) < 4.78 is 0. The minimum absolute atomic E-state index is 0. The highest BCUT2D eigenvalue weighted by Gasteiger charge is 2.14. The van der Waals surface area contributed by atoms with Crippen LogP contribution in [0.3, 0.4) is 0 Å². The summed E-state index contributed by atoms with van der Waals surface area (Å²) in [5.41, 5.74) is 6.58. The van der Waals surface area contributed by atoms with Gasteiger partial charge in [-0.2, -0.15) is 0 Å². The van der Waals surface area contributed by atoms with Crippen LogP contribution in [0.25, 0.3) is 0 Å². The minimum atomic E-state index is -0.113. The smallest absolute Gasteiger partial charge is 0.226 e. The summed E-state index contributed by atoms with van der Waals surface area (Å²) in [6.07, 6.45) is 1.23. The number of carbonyl (C=O) groups is 1. The molecule has 18 heavy (non-hydrogen) atoms. The molecule has 4 nitrogen and oxygen atoms in total. The molecule has 0 fully saturated rings. The second-order valence-electron chi connectivity index (χ2n) is 4.84. The van der Waals surface area contributed by atoms with Crippen LogP contribution in [0.15, 0.2) is 0 Å². The van der Waals surface area contributed by atoms with Crippen molar-refractivity contribution < 1.29 is 4.79 Å². The summed E-state index contributed by atoms with van der Waals surface area (Å²) in [4.78, 5) is 16.1. The average molecular weight is 292 g/mol. The number of anilines is 1. The Labute approximate surface area is 119 Å². The molecular weight excluding hydrogens is 270 g/mol. The standard InChI is InChI=1S/C12H21N3OS.ClH/c1-7(2)5-10-12(17-9(4)14-10)15-11(16)6-8(3)13;/h7-8H,5-6,13H2,1-4H3,(H,15,16);1H. The van der Waals surface area contributed by atoms with Gasteiger partial charge in [0.15, 0.2) is 0 Å². The number of aryl methyl sites for hydroxylation is 1. The summed E-state index contributed by atoms with van der Waals surface area (Å²) in [6, 6.07) is -0.113. The maximum absolute atomic E-state index is 11.7.